The third kappa shape index (κ3) is 3.84. The second-order valence-corrected chi connectivity index (χ2v) is 7.89. The number of hydrogen-bond acceptors (Lipinski definition) is 6. The summed E-state index contributed by atoms with van der Waals surface area (Å²) in [6.45, 7) is 5.09. The average molecular weight is 371 g/mol. The zero-order valence-corrected chi connectivity index (χ0v) is 16.4. The zero-order chi connectivity index (χ0) is 18.8. The van der Waals surface area contributed by atoms with Gasteiger partial charge in [-0.2, -0.15) is 5.10 Å². The van der Waals surface area contributed by atoms with Crippen molar-refractivity contribution in [3.8, 4) is 0 Å². The zero-order valence-electron chi connectivity index (χ0n) is 16.4. The molecule has 0 bridgehead atoms. The third-order valence-corrected chi connectivity index (χ3v) is 6.20. The molecule has 0 aromatic carbocycles. The van der Waals surface area contributed by atoms with Crippen LogP contribution >= 0.6 is 0 Å². The van der Waals surface area contributed by atoms with Crippen molar-refractivity contribution in [3.05, 3.63) is 34.9 Å². The molecule has 146 valence electrons. The molecule has 1 aliphatic carbocycles. The number of aliphatic hydroxyl groups is 1. The van der Waals surface area contributed by atoms with E-state index >= 15 is 0 Å². The molecular formula is C20H30N6O. The van der Waals surface area contributed by atoms with Gasteiger partial charge in [-0.1, -0.05) is 0 Å². The predicted molar refractivity (Wildman–Crippen MR) is 105 cm³/mol. The number of nitrogens with one attached hydrogen (secondary N) is 1. The molecule has 7 heteroatoms. The Morgan fingerprint density at radius 1 is 1.22 bits per heavy atom. The molecule has 1 saturated heterocycles. The largest absolute Gasteiger partial charge is 0.396 e. The fourth-order valence-electron chi connectivity index (χ4n) is 4.17. The summed E-state index contributed by atoms with van der Waals surface area (Å²) in [5, 5.41) is 17.3. The summed E-state index contributed by atoms with van der Waals surface area (Å²) in [4.78, 5) is 11.9. The lowest BCUT2D eigenvalue weighted by molar-refractivity contribution is 0.202. The topological polar surface area (TPSA) is 79.1 Å². The molecule has 7 nitrogen and oxygen atoms in total. The molecule has 2 aromatic heterocycles. The minimum atomic E-state index is 0.294. The van der Waals surface area contributed by atoms with E-state index in [2.05, 4.69) is 27.2 Å². The molecular weight excluding hydrogens is 340 g/mol. The van der Waals surface area contributed by atoms with E-state index in [0.29, 0.717) is 18.6 Å². The quantitative estimate of drug-likeness (QED) is 0.837. The SMILES string of the molecule is Cc1c(CN[C@H]2CCCc3nc(N4CCC(CO)CC4)ncc32)cnn1C. The van der Waals surface area contributed by atoms with Crippen molar-refractivity contribution in [1.29, 1.82) is 0 Å². The standard InChI is InChI=1S/C20H30N6O/c1-14-16(11-23-25(14)2)10-21-18-4-3-5-19-17(18)12-22-20(24-19)26-8-6-15(13-27)7-9-26/h11-12,15,18,21,27H,3-10,13H2,1-2H3/t18-/m0/s1. The van der Waals surface area contributed by atoms with Gasteiger partial charge in [0.2, 0.25) is 5.95 Å². The van der Waals surface area contributed by atoms with Crippen LogP contribution in [0.4, 0.5) is 5.95 Å². The normalized spacial score (nSPS) is 20.7. The second kappa shape index (κ2) is 7.94. The maximum Gasteiger partial charge on any atom is 0.225 e. The molecule has 0 radical (unpaired) electrons. The minimum absolute atomic E-state index is 0.294. The number of rotatable bonds is 5. The highest BCUT2D eigenvalue weighted by Crippen LogP contribution is 2.30. The van der Waals surface area contributed by atoms with Gasteiger partial charge in [-0.3, -0.25) is 4.68 Å². The maximum atomic E-state index is 9.32. The third-order valence-electron chi connectivity index (χ3n) is 6.20. The van der Waals surface area contributed by atoms with Crippen LogP contribution in [0.3, 0.4) is 0 Å². The Hall–Kier alpha value is -1.99. The van der Waals surface area contributed by atoms with E-state index in [1.54, 1.807) is 0 Å². The number of aryl methyl sites for hydroxylation is 2. The molecule has 2 N–H and O–H groups in total. The number of anilines is 1. The van der Waals surface area contributed by atoms with E-state index in [-0.39, 0.29) is 0 Å². The summed E-state index contributed by atoms with van der Waals surface area (Å²) < 4.78 is 1.92. The lowest BCUT2D eigenvalue weighted by atomic mass is 9.92. The summed E-state index contributed by atoms with van der Waals surface area (Å²) >= 11 is 0. The number of piperidine rings is 1. The molecule has 2 aromatic rings. The van der Waals surface area contributed by atoms with Crippen molar-refractivity contribution in [2.75, 3.05) is 24.6 Å². The molecule has 1 fully saturated rings. The monoisotopic (exact) mass is 370 g/mol. The van der Waals surface area contributed by atoms with Crippen LogP contribution in [0.2, 0.25) is 0 Å². The van der Waals surface area contributed by atoms with Crippen LogP contribution in [0.15, 0.2) is 12.4 Å². The maximum absolute atomic E-state index is 9.32. The van der Waals surface area contributed by atoms with Gasteiger partial charge in [0.1, 0.15) is 0 Å². The van der Waals surface area contributed by atoms with Crippen molar-refractivity contribution < 1.29 is 5.11 Å². The highest BCUT2D eigenvalue weighted by molar-refractivity contribution is 5.36. The Morgan fingerprint density at radius 2 is 2.04 bits per heavy atom. The predicted octanol–water partition coefficient (Wildman–Crippen LogP) is 1.89. The van der Waals surface area contributed by atoms with Crippen LogP contribution in [-0.2, 0) is 20.0 Å². The highest BCUT2D eigenvalue weighted by atomic mass is 16.3. The van der Waals surface area contributed by atoms with Gasteiger partial charge >= 0.3 is 0 Å². The van der Waals surface area contributed by atoms with Crippen molar-refractivity contribution in [1.82, 2.24) is 25.1 Å². The van der Waals surface area contributed by atoms with Crippen LogP contribution < -0.4 is 10.2 Å². The Kier molecular flexibility index (Phi) is 5.41. The molecule has 0 amide bonds. The van der Waals surface area contributed by atoms with Crippen molar-refractivity contribution in [2.45, 2.75) is 51.6 Å². The minimum Gasteiger partial charge on any atom is -0.396 e. The molecule has 3 heterocycles. The first-order valence-electron chi connectivity index (χ1n) is 10.1. The van der Waals surface area contributed by atoms with E-state index in [0.717, 1.165) is 57.7 Å². The molecule has 4 rings (SSSR count). The van der Waals surface area contributed by atoms with Gasteiger partial charge in [0.25, 0.3) is 0 Å². The number of aliphatic hydroxyl groups excluding tert-OH is 1. The lowest BCUT2D eigenvalue weighted by Crippen LogP contribution is -2.36. The Bertz CT molecular complexity index is 781. The number of nitrogens with zero attached hydrogens (tertiary/aromatic N) is 5. The molecule has 0 spiro atoms. The fraction of sp³-hybridized carbons (Fsp3) is 0.650. The number of hydrogen-bond donors (Lipinski definition) is 2. The first-order valence-corrected chi connectivity index (χ1v) is 10.1. The second-order valence-electron chi connectivity index (χ2n) is 7.89. The van der Waals surface area contributed by atoms with Gasteiger partial charge in [0.05, 0.1) is 11.9 Å². The summed E-state index contributed by atoms with van der Waals surface area (Å²) in [6, 6.07) is 0.308. The van der Waals surface area contributed by atoms with Crippen LogP contribution in [0, 0.1) is 12.8 Å². The molecule has 1 atom stereocenters. The van der Waals surface area contributed by atoms with Crippen LogP contribution in [-0.4, -0.2) is 44.6 Å². The first kappa shape index (κ1) is 18.4. The number of aromatic nitrogens is 4. The van der Waals surface area contributed by atoms with Crippen molar-refractivity contribution in [3.63, 3.8) is 0 Å². The summed E-state index contributed by atoms with van der Waals surface area (Å²) in [5.74, 6) is 1.29. The van der Waals surface area contributed by atoms with Crippen molar-refractivity contribution >= 4 is 5.95 Å². The van der Waals surface area contributed by atoms with Gasteiger partial charge in [-0.15, -0.1) is 0 Å². The van der Waals surface area contributed by atoms with Crippen LogP contribution in [0.5, 0.6) is 0 Å². The van der Waals surface area contributed by atoms with E-state index in [4.69, 9.17) is 4.98 Å². The Balaban J connectivity index is 1.44. The summed E-state index contributed by atoms with van der Waals surface area (Å²) in [7, 11) is 1.98. The van der Waals surface area contributed by atoms with Gasteiger partial charge in [-0.25, -0.2) is 9.97 Å². The fourth-order valence-corrected chi connectivity index (χ4v) is 4.17. The van der Waals surface area contributed by atoms with Gasteiger partial charge in [0, 0.05) is 62.3 Å². The summed E-state index contributed by atoms with van der Waals surface area (Å²) in [5.41, 5.74) is 4.89. The number of fused-ring (bicyclic) bond motifs is 1. The van der Waals surface area contributed by atoms with E-state index in [1.807, 2.05) is 24.1 Å². The molecule has 2 aliphatic rings. The van der Waals surface area contributed by atoms with Crippen LogP contribution in [0.25, 0.3) is 0 Å². The highest BCUT2D eigenvalue weighted by Gasteiger charge is 2.25. The average Bonchev–Trinajstić information content (AvgIpc) is 3.04. The Labute approximate surface area is 160 Å². The van der Waals surface area contributed by atoms with Gasteiger partial charge < -0.3 is 15.3 Å². The first-order chi connectivity index (χ1) is 13.2. The van der Waals surface area contributed by atoms with Crippen molar-refractivity contribution in [2.24, 2.45) is 13.0 Å². The molecule has 27 heavy (non-hydrogen) atoms. The lowest BCUT2D eigenvalue weighted by Gasteiger charge is -2.32. The van der Waals surface area contributed by atoms with E-state index < -0.39 is 0 Å². The smallest absolute Gasteiger partial charge is 0.225 e. The van der Waals surface area contributed by atoms with E-state index in [9.17, 15) is 5.11 Å². The molecule has 1 aliphatic heterocycles. The Morgan fingerprint density at radius 3 is 2.74 bits per heavy atom. The summed E-state index contributed by atoms with van der Waals surface area (Å²) in [6.07, 6.45) is 9.32. The van der Waals surface area contributed by atoms with Gasteiger partial charge in [0.15, 0.2) is 0 Å². The van der Waals surface area contributed by atoms with Crippen LogP contribution in [0.1, 0.15) is 54.2 Å². The molecule has 0 saturated carbocycles. The van der Waals surface area contributed by atoms with E-state index in [1.165, 1.54) is 22.5 Å². The van der Waals surface area contributed by atoms with Gasteiger partial charge in [-0.05, 0) is 44.9 Å². The molecule has 0 unspecified atom stereocenters.